The number of nitrogens with two attached hydrogens (primary N) is 1. The summed E-state index contributed by atoms with van der Waals surface area (Å²) in [6.07, 6.45) is 7.78. The summed E-state index contributed by atoms with van der Waals surface area (Å²) < 4.78 is 6.73. The van der Waals surface area contributed by atoms with E-state index in [0.717, 1.165) is 37.7 Å². The Kier molecular flexibility index (Phi) is 11.7. The fraction of sp³-hybridized carbons (Fsp3) is 0.593. The van der Waals surface area contributed by atoms with Crippen molar-refractivity contribution in [2.75, 3.05) is 20.2 Å². The molecule has 214 valence electrons. The maximum absolute atomic E-state index is 12.8. The first-order chi connectivity index (χ1) is 18.9. The maximum atomic E-state index is 12.8. The van der Waals surface area contributed by atoms with Crippen LogP contribution in [0.2, 0.25) is 0 Å². The Morgan fingerprint density at radius 1 is 1.13 bits per heavy atom. The summed E-state index contributed by atoms with van der Waals surface area (Å²) in [7, 11) is 1.26. The lowest BCUT2D eigenvalue weighted by molar-refractivity contribution is -0.139. The molecule has 12 heteroatoms. The highest BCUT2D eigenvalue weighted by molar-refractivity contribution is 5.98. The number of carbonyl (C=O) groups excluding carboxylic acids is 4. The minimum atomic E-state index is -0.632. The van der Waals surface area contributed by atoms with Crippen LogP contribution >= 0.6 is 0 Å². The topological polar surface area (TPSA) is 178 Å². The smallest absolute Gasteiger partial charge is 0.325 e. The number of carbonyl (C=O) groups is 4. The lowest BCUT2D eigenvalue weighted by Crippen LogP contribution is -2.32. The van der Waals surface area contributed by atoms with Gasteiger partial charge in [-0.05, 0) is 62.8 Å². The van der Waals surface area contributed by atoms with E-state index in [-0.39, 0.29) is 25.3 Å². The van der Waals surface area contributed by atoms with Gasteiger partial charge in [-0.15, -0.1) is 0 Å². The van der Waals surface area contributed by atoms with Gasteiger partial charge in [0.1, 0.15) is 12.4 Å². The van der Waals surface area contributed by atoms with Crippen LogP contribution in [0, 0.1) is 5.92 Å². The van der Waals surface area contributed by atoms with Gasteiger partial charge >= 0.3 is 5.97 Å². The molecule has 0 radical (unpaired) electrons. The lowest BCUT2D eigenvalue weighted by atomic mass is 9.89. The number of fused-ring (bicyclic) bond motifs is 1. The Morgan fingerprint density at radius 3 is 2.56 bits per heavy atom. The number of amides is 3. The molecule has 3 rings (SSSR count). The molecule has 1 unspecified atom stereocenters. The number of nitrogens with one attached hydrogen (secondary N) is 3. The number of methoxy groups -OCH3 is 1. The molecular formula is C27H40N6O6. The van der Waals surface area contributed by atoms with Crippen LogP contribution in [0.4, 0.5) is 0 Å². The van der Waals surface area contributed by atoms with Crippen LogP contribution in [0.1, 0.15) is 86.4 Å². The zero-order valence-corrected chi connectivity index (χ0v) is 22.5. The van der Waals surface area contributed by atoms with Gasteiger partial charge in [-0.3, -0.25) is 24.4 Å². The number of hydrogen-bond donors (Lipinski definition) is 5. The molecule has 1 heterocycles. The van der Waals surface area contributed by atoms with Crippen molar-refractivity contribution in [2.45, 2.75) is 76.8 Å². The van der Waals surface area contributed by atoms with Crippen LogP contribution in [0.15, 0.2) is 18.2 Å². The zero-order chi connectivity index (χ0) is 28.2. The first-order valence-corrected chi connectivity index (χ1v) is 13.6. The number of hydroxylamine groups is 1. The number of hydrogen-bond acceptors (Lipinski definition) is 8. The van der Waals surface area contributed by atoms with Crippen LogP contribution in [-0.2, 0) is 25.7 Å². The Labute approximate surface area is 228 Å². The van der Waals surface area contributed by atoms with Gasteiger partial charge < -0.3 is 25.7 Å². The van der Waals surface area contributed by atoms with Crippen molar-refractivity contribution in [3.05, 3.63) is 29.6 Å². The molecule has 1 aromatic carbocycles. The fourth-order valence-corrected chi connectivity index (χ4v) is 5.01. The largest absolute Gasteiger partial charge is 0.468 e. The van der Waals surface area contributed by atoms with Crippen molar-refractivity contribution in [3.63, 3.8) is 0 Å². The second kappa shape index (κ2) is 15.2. The van der Waals surface area contributed by atoms with Crippen LogP contribution < -0.4 is 21.8 Å². The molecule has 1 saturated carbocycles. The van der Waals surface area contributed by atoms with Gasteiger partial charge in [-0.2, -0.15) is 0 Å². The quantitative estimate of drug-likeness (QED) is 0.104. The van der Waals surface area contributed by atoms with Crippen LogP contribution in [0.25, 0.3) is 11.0 Å². The van der Waals surface area contributed by atoms with E-state index in [4.69, 9.17) is 15.9 Å². The minimum Gasteiger partial charge on any atom is -0.468 e. The second-order valence-electron chi connectivity index (χ2n) is 9.99. The highest BCUT2D eigenvalue weighted by Crippen LogP contribution is 2.31. The number of esters is 1. The third-order valence-corrected chi connectivity index (χ3v) is 7.12. The fourth-order valence-electron chi connectivity index (χ4n) is 5.01. The number of unbranched alkanes of at least 4 members (excludes halogenated alkanes) is 1. The average Bonchev–Trinajstić information content (AvgIpc) is 3.31. The van der Waals surface area contributed by atoms with E-state index >= 15 is 0 Å². The SMILES string of the molecule is COC(=O)CNC(=O)c1ccc2c(c1)nc(C(CCCCN)NC(=O)CCC(=O)NO)n2CC1CCCCC1. The van der Waals surface area contributed by atoms with Crippen LogP contribution in [-0.4, -0.2) is 58.6 Å². The van der Waals surface area contributed by atoms with Gasteiger partial charge in [-0.25, -0.2) is 10.5 Å². The number of rotatable bonds is 14. The molecule has 1 aliphatic rings. The molecule has 6 N–H and O–H groups in total. The summed E-state index contributed by atoms with van der Waals surface area (Å²) >= 11 is 0. The van der Waals surface area contributed by atoms with Gasteiger partial charge in [0.25, 0.3) is 5.91 Å². The summed E-state index contributed by atoms with van der Waals surface area (Å²) in [6, 6.07) is 4.82. The van der Waals surface area contributed by atoms with E-state index in [1.165, 1.54) is 26.4 Å². The normalized spacial score (nSPS) is 14.5. The Balaban J connectivity index is 1.94. The minimum absolute atomic E-state index is 0.0762. The van der Waals surface area contributed by atoms with Gasteiger partial charge in [0.15, 0.2) is 0 Å². The molecule has 1 atom stereocenters. The highest BCUT2D eigenvalue weighted by atomic mass is 16.5. The molecular weight excluding hydrogens is 504 g/mol. The molecule has 0 spiro atoms. The maximum Gasteiger partial charge on any atom is 0.325 e. The molecule has 1 fully saturated rings. The van der Waals surface area contributed by atoms with Gasteiger partial charge in [0.05, 0.1) is 24.2 Å². The van der Waals surface area contributed by atoms with Crippen molar-refractivity contribution < 1.29 is 29.1 Å². The van der Waals surface area contributed by atoms with E-state index in [9.17, 15) is 19.2 Å². The Hall–Kier alpha value is -3.51. The van der Waals surface area contributed by atoms with Crippen molar-refractivity contribution >= 4 is 34.7 Å². The lowest BCUT2D eigenvalue weighted by Gasteiger charge is -2.25. The molecule has 12 nitrogen and oxygen atoms in total. The summed E-state index contributed by atoms with van der Waals surface area (Å²) in [5.41, 5.74) is 9.10. The molecule has 1 aromatic heterocycles. The predicted octanol–water partition coefficient (Wildman–Crippen LogP) is 2.09. The van der Waals surface area contributed by atoms with Gasteiger partial charge in [-0.1, -0.05) is 19.3 Å². The number of nitrogens with zero attached hydrogens (tertiary/aromatic N) is 2. The second-order valence-corrected chi connectivity index (χ2v) is 9.99. The molecule has 0 aliphatic heterocycles. The predicted molar refractivity (Wildman–Crippen MR) is 144 cm³/mol. The standard InChI is InChI=1S/C27H40N6O6/c1-39-25(36)16-29-27(37)19-10-11-22-21(15-19)31-26(33(22)17-18-7-3-2-4-8-18)20(9-5-6-14-28)30-23(34)12-13-24(35)32-38/h10-11,15,18,20,38H,2-9,12-14,16-17,28H2,1H3,(H,29,37)(H,30,34)(H,32,35). The van der Waals surface area contributed by atoms with E-state index in [1.807, 2.05) is 6.07 Å². The number of imidazole rings is 1. The van der Waals surface area contributed by atoms with Crippen molar-refractivity contribution in [3.8, 4) is 0 Å². The van der Waals surface area contributed by atoms with Gasteiger partial charge in [0, 0.05) is 24.9 Å². The van der Waals surface area contributed by atoms with Crippen LogP contribution in [0.3, 0.4) is 0 Å². The van der Waals surface area contributed by atoms with E-state index < -0.39 is 23.8 Å². The first kappa shape index (κ1) is 30.0. The van der Waals surface area contributed by atoms with Crippen molar-refractivity contribution in [1.82, 2.24) is 25.7 Å². The molecule has 0 saturated heterocycles. The monoisotopic (exact) mass is 544 g/mol. The summed E-state index contributed by atoms with van der Waals surface area (Å²) in [6.45, 7) is 1.04. The van der Waals surface area contributed by atoms with E-state index in [1.54, 1.807) is 17.6 Å². The van der Waals surface area contributed by atoms with Crippen molar-refractivity contribution in [1.29, 1.82) is 0 Å². The average molecular weight is 545 g/mol. The Morgan fingerprint density at radius 2 is 1.87 bits per heavy atom. The van der Waals surface area contributed by atoms with Crippen LogP contribution in [0.5, 0.6) is 0 Å². The van der Waals surface area contributed by atoms with Crippen molar-refractivity contribution in [2.24, 2.45) is 11.7 Å². The van der Waals surface area contributed by atoms with Gasteiger partial charge in [0.2, 0.25) is 11.8 Å². The number of ether oxygens (including phenoxy) is 1. The summed E-state index contributed by atoms with van der Waals surface area (Å²) in [5.74, 6) is -0.745. The molecule has 0 bridgehead atoms. The zero-order valence-electron chi connectivity index (χ0n) is 22.5. The number of benzene rings is 1. The third-order valence-electron chi connectivity index (χ3n) is 7.12. The highest BCUT2D eigenvalue weighted by Gasteiger charge is 2.25. The molecule has 2 aromatic rings. The third kappa shape index (κ3) is 8.75. The summed E-state index contributed by atoms with van der Waals surface area (Å²) in [4.78, 5) is 53.2. The first-order valence-electron chi connectivity index (χ1n) is 13.6. The molecule has 3 amide bonds. The number of aromatic nitrogens is 2. The van der Waals surface area contributed by atoms with E-state index in [0.29, 0.717) is 35.8 Å². The van der Waals surface area contributed by atoms with E-state index in [2.05, 4.69) is 19.9 Å². The molecule has 39 heavy (non-hydrogen) atoms. The molecule has 1 aliphatic carbocycles. The Bertz CT molecular complexity index is 1140. The summed E-state index contributed by atoms with van der Waals surface area (Å²) in [5, 5.41) is 14.3.